The van der Waals surface area contributed by atoms with Crippen molar-refractivity contribution in [2.45, 2.75) is 19.1 Å². The number of imidazole rings is 1. The zero-order valence-corrected chi connectivity index (χ0v) is 10.5. The minimum atomic E-state index is 0.649. The first-order valence-corrected chi connectivity index (χ1v) is 6.08. The Hall–Kier alpha value is -1.16. The van der Waals surface area contributed by atoms with E-state index in [2.05, 4.69) is 29.1 Å². The van der Waals surface area contributed by atoms with E-state index >= 15 is 0 Å². The van der Waals surface area contributed by atoms with Gasteiger partial charge in [0.25, 0.3) is 0 Å². The molecule has 0 unspecified atom stereocenters. The molecule has 1 aromatic carbocycles. The fourth-order valence-corrected chi connectivity index (χ4v) is 1.96. The molecule has 86 valence electrons. The summed E-state index contributed by atoms with van der Waals surface area (Å²) in [4.78, 5) is 4.51. The van der Waals surface area contributed by atoms with Crippen LogP contribution in [-0.2, 0) is 12.8 Å². The van der Waals surface area contributed by atoms with Crippen molar-refractivity contribution < 1.29 is 4.74 Å². The minimum absolute atomic E-state index is 0.649. The number of ether oxygens (including phenoxy) is 1. The fourth-order valence-electron chi connectivity index (χ4n) is 1.68. The average Bonchev–Trinajstić information content (AvgIpc) is 2.63. The van der Waals surface area contributed by atoms with E-state index in [0.717, 1.165) is 35.6 Å². The van der Waals surface area contributed by atoms with Crippen molar-refractivity contribution in [1.29, 1.82) is 0 Å². The highest BCUT2D eigenvalue weighted by molar-refractivity contribution is 7.79. The van der Waals surface area contributed by atoms with E-state index < -0.39 is 0 Å². The summed E-state index contributed by atoms with van der Waals surface area (Å²) < 4.78 is 7.64. The van der Waals surface area contributed by atoms with Crippen LogP contribution in [0.15, 0.2) is 18.2 Å². The topological polar surface area (TPSA) is 27.1 Å². The van der Waals surface area contributed by atoms with Crippen LogP contribution in [0.3, 0.4) is 0 Å². The van der Waals surface area contributed by atoms with Crippen LogP contribution in [0.4, 0.5) is 0 Å². The molecular formula is C12H16N2OS. The number of thiol groups is 1. The van der Waals surface area contributed by atoms with Crippen LogP contribution in [0.25, 0.3) is 11.0 Å². The Morgan fingerprint density at radius 1 is 1.44 bits per heavy atom. The summed E-state index contributed by atoms with van der Waals surface area (Å²) in [5.41, 5.74) is 2.09. The second-order valence-electron chi connectivity index (χ2n) is 3.74. The first kappa shape index (κ1) is 11.3. The zero-order chi connectivity index (χ0) is 11.5. The van der Waals surface area contributed by atoms with Crippen LogP contribution in [0.1, 0.15) is 19.2 Å². The third-order valence-corrected chi connectivity index (χ3v) is 2.84. The number of aromatic nitrogens is 2. The van der Waals surface area contributed by atoms with Gasteiger partial charge >= 0.3 is 0 Å². The molecule has 0 spiro atoms. The predicted octanol–water partition coefficient (Wildman–Crippen LogP) is 2.79. The number of hydrogen-bond acceptors (Lipinski definition) is 3. The van der Waals surface area contributed by atoms with Crippen molar-refractivity contribution in [3.05, 3.63) is 24.0 Å². The van der Waals surface area contributed by atoms with E-state index in [0.29, 0.717) is 5.75 Å². The SMILES string of the molecule is CCCOc1ccc2c(c1)nc(CS)n2C. The van der Waals surface area contributed by atoms with Gasteiger partial charge in [0.2, 0.25) is 0 Å². The van der Waals surface area contributed by atoms with Gasteiger partial charge in [-0.1, -0.05) is 6.92 Å². The maximum Gasteiger partial charge on any atom is 0.121 e. The number of aryl methyl sites for hydroxylation is 1. The van der Waals surface area contributed by atoms with Crippen molar-refractivity contribution in [2.75, 3.05) is 6.61 Å². The lowest BCUT2D eigenvalue weighted by atomic mass is 10.3. The molecule has 4 heteroatoms. The third kappa shape index (κ3) is 2.02. The molecule has 0 saturated carbocycles. The Bertz CT molecular complexity index is 493. The molecule has 0 fully saturated rings. The maximum absolute atomic E-state index is 5.58. The molecule has 0 saturated heterocycles. The number of rotatable bonds is 4. The Morgan fingerprint density at radius 2 is 2.25 bits per heavy atom. The Labute approximate surface area is 101 Å². The van der Waals surface area contributed by atoms with E-state index in [1.165, 1.54) is 0 Å². The van der Waals surface area contributed by atoms with Crippen LogP contribution in [0, 0.1) is 0 Å². The van der Waals surface area contributed by atoms with E-state index in [-0.39, 0.29) is 0 Å². The summed E-state index contributed by atoms with van der Waals surface area (Å²) in [5, 5.41) is 0. The summed E-state index contributed by atoms with van der Waals surface area (Å²) in [6.07, 6.45) is 1.02. The Morgan fingerprint density at radius 3 is 2.94 bits per heavy atom. The molecule has 0 aliphatic carbocycles. The van der Waals surface area contributed by atoms with E-state index in [1.54, 1.807) is 0 Å². The molecule has 0 aliphatic rings. The zero-order valence-electron chi connectivity index (χ0n) is 9.60. The van der Waals surface area contributed by atoms with E-state index in [4.69, 9.17) is 4.74 Å². The maximum atomic E-state index is 5.58. The molecule has 0 aliphatic heterocycles. The smallest absolute Gasteiger partial charge is 0.121 e. The highest BCUT2D eigenvalue weighted by Crippen LogP contribution is 2.21. The van der Waals surface area contributed by atoms with Crippen molar-refractivity contribution in [3.63, 3.8) is 0 Å². The number of nitrogens with zero attached hydrogens (tertiary/aromatic N) is 2. The molecule has 2 aromatic rings. The van der Waals surface area contributed by atoms with Crippen molar-refractivity contribution in [2.24, 2.45) is 7.05 Å². The normalized spacial score (nSPS) is 10.9. The van der Waals surface area contributed by atoms with Gasteiger partial charge in [0, 0.05) is 18.9 Å². The van der Waals surface area contributed by atoms with Gasteiger partial charge in [-0.2, -0.15) is 12.6 Å². The molecule has 0 amide bonds. The second-order valence-corrected chi connectivity index (χ2v) is 4.06. The van der Waals surface area contributed by atoms with Gasteiger partial charge in [-0.3, -0.25) is 0 Å². The molecule has 0 atom stereocenters. The lowest BCUT2D eigenvalue weighted by Gasteiger charge is -2.03. The van der Waals surface area contributed by atoms with Crippen LogP contribution in [0.5, 0.6) is 5.75 Å². The van der Waals surface area contributed by atoms with Gasteiger partial charge in [-0.05, 0) is 18.6 Å². The third-order valence-electron chi connectivity index (χ3n) is 2.56. The van der Waals surface area contributed by atoms with Crippen LogP contribution >= 0.6 is 12.6 Å². The first-order valence-electron chi connectivity index (χ1n) is 5.45. The molecule has 2 rings (SSSR count). The molecule has 0 N–H and O–H groups in total. The predicted molar refractivity (Wildman–Crippen MR) is 69.2 cm³/mol. The average molecular weight is 236 g/mol. The van der Waals surface area contributed by atoms with E-state index in [1.807, 2.05) is 25.2 Å². The largest absolute Gasteiger partial charge is 0.494 e. The summed E-state index contributed by atoms with van der Waals surface area (Å²) in [7, 11) is 2.01. The summed E-state index contributed by atoms with van der Waals surface area (Å²) in [5.74, 6) is 2.51. The van der Waals surface area contributed by atoms with Crippen molar-refractivity contribution >= 4 is 23.7 Å². The van der Waals surface area contributed by atoms with Gasteiger partial charge in [0.1, 0.15) is 11.6 Å². The highest BCUT2D eigenvalue weighted by Gasteiger charge is 2.06. The lowest BCUT2D eigenvalue weighted by Crippen LogP contribution is -1.95. The van der Waals surface area contributed by atoms with Gasteiger partial charge in [0.15, 0.2) is 0 Å². The summed E-state index contributed by atoms with van der Waals surface area (Å²) in [6.45, 7) is 2.84. The fraction of sp³-hybridized carbons (Fsp3) is 0.417. The molecule has 0 bridgehead atoms. The molecule has 16 heavy (non-hydrogen) atoms. The van der Waals surface area contributed by atoms with Gasteiger partial charge < -0.3 is 9.30 Å². The van der Waals surface area contributed by atoms with E-state index in [9.17, 15) is 0 Å². The van der Waals surface area contributed by atoms with Crippen molar-refractivity contribution in [1.82, 2.24) is 9.55 Å². The first-order chi connectivity index (χ1) is 7.76. The number of fused-ring (bicyclic) bond motifs is 1. The monoisotopic (exact) mass is 236 g/mol. The van der Waals surface area contributed by atoms with Crippen molar-refractivity contribution in [3.8, 4) is 5.75 Å². The quantitative estimate of drug-likeness (QED) is 0.826. The molecular weight excluding hydrogens is 220 g/mol. The van der Waals surface area contributed by atoms with Gasteiger partial charge in [-0.25, -0.2) is 4.98 Å². The van der Waals surface area contributed by atoms with Gasteiger partial charge in [0.05, 0.1) is 17.6 Å². The standard InChI is InChI=1S/C12H16N2OS/c1-3-6-15-9-4-5-11-10(7-9)13-12(8-16)14(11)2/h4-5,7,16H,3,6,8H2,1-2H3. The lowest BCUT2D eigenvalue weighted by molar-refractivity contribution is 0.318. The second kappa shape index (κ2) is 4.78. The van der Waals surface area contributed by atoms with Gasteiger partial charge in [-0.15, -0.1) is 0 Å². The number of hydrogen-bond donors (Lipinski definition) is 1. The Kier molecular flexibility index (Phi) is 3.39. The van der Waals surface area contributed by atoms with Crippen LogP contribution < -0.4 is 4.74 Å². The molecule has 1 aromatic heterocycles. The molecule has 1 heterocycles. The summed E-state index contributed by atoms with van der Waals surface area (Å²) in [6, 6.07) is 6.01. The van der Waals surface area contributed by atoms with Crippen LogP contribution in [-0.4, -0.2) is 16.2 Å². The molecule has 3 nitrogen and oxygen atoms in total. The number of benzene rings is 1. The summed E-state index contributed by atoms with van der Waals surface area (Å²) >= 11 is 4.26. The molecule has 0 radical (unpaired) electrons. The van der Waals surface area contributed by atoms with Crippen LogP contribution in [0.2, 0.25) is 0 Å². The highest BCUT2D eigenvalue weighted by atomic mass is 32.1. The Balaban J connectivity index is 2.38. The minimum Gasteiger partial charge on any atom is -0.494 e.